The quantitative estimate of drug-likeness (QED) is 0.413. The average Bonchev–Trinajstić information content (AvgIpc) is 2.28. The Morgan fingerprint density at radius 2 is 1.88 bits per heavy atom. The molecule has 1 aromatic carbocycles. The molecule has 2 unspecified atom stereocenters. The van der Waals surface area contributed by atoms with Crippen molar-refractivity contribution in [2.45, 2.75) is 18.6 Å². The zero-order chi connectivity index (χ0) is 12.1. The number of hydrogen-bond acceptors (Lipinski definition) is 5. The summed E-state index contributed by atoms with van der Waals surface area (Å²) in [4.78, 5) is 9.89. The van der Waals surface area contributed by atoms with Gasteiger partial charge in [0.1, 0.15) is 6.10 Å². The number of nitro groups is 1. The van der Waals surface area contributed by atoms with Crippen molar-refractivity contribution in [3.05, 3.63) is 39.9 Å². The molecule has 2 atom stereocenters. The molecule has 0 aliphatic heterocycles. The molecule has 0 saturated carbocycles. The van der Waals surface area contributed by atoms with Gasteiger partial charge < -0.3 is 10.2 Å². The van der Waals surface area contributed by atoms with E-state index in [9.17, 15) is 20.3 Å². The van der Waals surface area contributed by atoms with Gasteiger partial charge in [-0.1, -0.05) is 0 Å². The summed E-state index contributed by atoms with van der Waals surface area (Å²) in [7, 11) is 0. The fraction of sp³-hybridized carbons (Fsp3) is 0.400. The molecule has 1 aromatic rings. The molecule has 88 valence electrons. The van der Waals surface area contributed by atoms with Crippen LogP contribution in [0.1, 0.15) is 18.1 Å². The molecule has 0 aliphatic carbocycles. The monoisotopic (exact) mass is 243 g/mol. The largest absolute Gasteiger partial charge is 0.390 e. The molecule has 5 nitrogen and oxygen atoms in total. The van der Waals surface area contributed by atoms with Gasteiger partial charge in [-0.25, -0.2) is 0 Å². The summed E-state index contributed by atoms with van der Waals surface area (Å²) in [6.45, 7) is 0. The van der Waals surface area contributed by atoms with Crippen molar-refractivity contribution in [3.8, 4) is 0 Å². The van der Waals surface area contributed by atoms with Crippen molar-refractivity contribution >= 4 is 18.3 Å². The minimum Gasteiger partial charge on any atom is -0.390 e. The molecule has 0 spiro atoms. The summed E-state index contributed by atoms with van der Waals surface area (Å²) in [6.07, 6.45) is -1.58. The highest BCUT2D eigenvalue weighted by Gasteiger charge is 2.18. The van der Waals surface area contributed by atoms with E-state index >= 15 is 0 Å². The van der Waals surface area contributed by atoms with Crippen molar-refractivity contribution in [1.82, 2.24) is 0 Å². The van der Waals surface area contributed by atoms with E-state index in [1.807, 2.05) is 0 Å². The number of hydrogen-bond donors (Lipinski definition) is 3. The van der Waals surface area contributed by atoms with E-state index < -0.39 is 17.1 Å². The maximum Gasteiger partial charge on any atom is 0.269 e. The maximum atomic E-state index is 10.4. The number of nitro benzene ring substituents is 1. The number of thiol groups is 1. The van der Waals surface area contributed by atoms with Crippen LogP contribution in [0.15, 0.2) is 24.3 Å². The van der Waals surface area contributed by atoms with Gasteiger partial charge in [0.25, 0.3) is 5.69 Å². The molecule has 1 rings (SSSR count). The van der Waals surface area contributed by atoms with Crippen LogP contribution in [-0.4, -0.2) is 27.0 Å². The van der Waals surface area contributed by atoms with Crippen LogP contribution in [0, 0.1) is 10.1 Å². The Morgan fingerprint density at radius 3 is 2.31 bits per heavy atom. The second kappa shape index (κ2) is 5.83. The van der Waals surface area contributed by atoms with E-state index in [0.29, 0.717) is 17.7 Å². The zero-order valence-corrected chi connectivity index (χ0v) is 9.38. The highest BCUT2D eigenvalue weighted by Crippen LogP contribution is 2.21. The van der Waals surface area contributed by atoms with E-state index in [-0.39, 0.29) is 5.69 Å². The van der Waals surface area contributed by atoms with E-state index in [4.69, 9.17) is 0 Å². The standard InChI is InChI=1S/C10H13NO4S/c12-9(5-6-16)10(13)7-1-3-8(4-2-7)11(14)15/h1-4,9-10,12-13,16H,5-6H2. The third-order valence-corrected chi connectivity index (χ3v) is 2.49. The predicted molar refractivity (Wildman–Crippen MR) is 62.5 cm³/mol. The Morgan fingerprint density at radius 1 is 1.31 bits per heavy atom. The van der Waals surface area contributed by atoms with Crippen LogP contribution in [0.2, 0.25) is 0 Å². The Balaban J connectivity index is 2.77. The lowest BCUT2D eigenvalue weighted by atomic mass is 10.0. The minimum atomic E-state index is -1.03. The molecule has 0 amide bonds. The van der Waals surface area contributed by atoms with Crippen LogP contribution < -0.4 is 0 Å². The molecule has 0 heterocycles. The molecule has 0 saturated heterocycles. The Bertz CT molecular complexity index is 354. The molecular weight excluding hydrogens is 230 g/mol. The first kappa shape index (κ1) is 13.0. The second-order valence-electron chi connectivity index (χ2n) is 3.37. The molecule has 0 fully saturated rings. The van der Waals surface area contributed by atoms with Crippen LogP contribution in [0.4, 0.5) is 5.69 Å². The number of nitrogens with zero attached hydrogens (tertiary/aromatic N) is 1. The van der Waals surface area contributed by atoms with Gasteiger partial charge in [0, 0.05) is 12.1 Å². The summed E-state index contributed by atoms with van der Waals surface area (Å²) in [6, 6.07) is 5.47. The van der Waals surface area contributed by atoms with Gasteiger partial charge in [0.2, 0.25) is 0 Å². The Kier molecular flexibility index (Phi) is 4.72. The van der Waals surface area contributed by atoms with E-state index in [1.165, 1.54) is 24.3 Å². The van der Waals surface area contributed by atoms with Crippen molar-refractivity contribution in [2.24, 2.45) is 0 Å². The zero-order valence-electron chi connectivity index (χ0n) is 8.48. The fourth-order valence-corrected chi connectivity index (χ4v) is 1.57. The lowest BCUT2D eigenvalue weighted by Gasteiger charge is -2.16. The molecule has 0 radical (unpaired) electrons. The van der Waals surface area contributed by atoms with Gasteiger partial charge in [0.05, 0.1) is 11.0 Å². The fourth-order valence-electron chi connectivity index (χ4n) is 1.31. The summed E-state index contributed by atoms with van der Waals surface area (Å²) < 4.78 is 0. The number of aliphatic hydroxyl groups excluding tert-OH is 2. The number of non-ortho nitro benzene ring substituents is 1. The van der Waals surface area contributed by atoms with Crippen LogP contribution in [-0.2, 0) is 0 Å². The van der Waals surface area contributed by atoms with Crippen molar-refractivity contribution in [1.29, 1.82) is 0 Å². The first-order chi connectivity index (χ1) is 7.56. The first-order valence-electron chi connectivity index (χ1n) is 4.77. The van der Waals surface area contributed by atoms with Crippen LogP contribution in [0.25, 0.3) is 0 Å². The smallest absolute Gasteiger partial charge is 0.269 e. The number of aliphatic hydroxyl groups is 2. The van der Waals surface area contributed by atoms with Crippen LogP contribution in [0.5, 0.6) is 0 Å². The van der Waals surface area contributed by atoms with Crippen LogP contribution >= 0.6 is 12.6 Å². The summed E-state index contributed by atoms with van der Waals surface area (Å²) in [5.74, 6) is 0.464. The number of rotatable bonds is 5. The van der Waals surface area contributed by atoms with Gasteiger partial charge in [0.15, 0.2) is 0 Å². The van der Waals surface area contributed by atoms with Crippen molar-refractivity contribution in [3.63, 3.8) is 0 Å². The van der Waals surface area contributed by atoms with E-state index in [1.54, 1.807) is 0 Å². The molecule has 6 heteroatoms. The normalized spacial score (nSPS) is 14.4. The number of benzene rings is 1. The summed E-state index contributed by atoms with van der Waals surface area (Å²) >= 11 is 3.95. The van der Waals surface area contributed by atoms with Gasteiger partial charge in [-0.3, -0.25) is 10.1 Å². The Hall–Kier alpha value is -1.11. The minimum absolute atomic E-state index is 0.0420. The van der Waals surface area contributed by atoms with E-state index in [0.717, 1.165) is 0 Å². The molecular formula is C10H13NO4S. The second-order valence-corrected chi connectivity index (χ2v) is 3.82. The third-order valence-electron chi connectivity index (χ3n) is 2.23. The topological polar surface area (TPSA) is 83.6 Å². The van der Waals surface area contributed by atoms with Gasteiger partial charge >= 0.3 is 0 Å². The first-order valence-corrected chi connectivity index (χ1v) is 5.41. The highest BCUT2D eigenvalue weighted by molar-refractivity contribution is 7.80. The molecule has 2 N–H and O–H groups in total. The third kappa shape index (κ3) is 3.19. The van der Waals surface area contributed by atoms with Gasteiger partial charge in [-0.05, 0) is 29.9 Å². The summed E-state index contributed by atoms with van der Waals surface area (Å²) in [5, 5.41) is 29.6. The summed E-state index contributed by atoms with van der Waals surface area (Å²) in [5.41, 5.74) is 0.416. The SMILES string of the molecule is O=[N+]([O-])c1ccc(C(O)C(O)CCS)cc1. The molecule has 0 aliphatic rings. The molecule has 0 bridgehead atoms. The predicted octanol–water partition coefficient (Wildman–Crippen LogP) is 1.31. The highest BCUT2D eigenvalue weighted by atomic mass is 32.1. The Labute approximate surface area is 98.3 Å². The van der Waals surface area contributed by atoms with Gasteiger partial charge in [-0.2, -0.15) is 12.6 Å². The lowest BCUT2D eigenvalue weighted by molar-refractivity contribution is -0.384. The van der Waals surface area contributed by atoms with Crippen molar-refractivity contribution < 1.29 is 15.1 Å². The van der Waals surface area contributed by atoms with E-state index in [2.05, 4.69) is 12.6 Å². The van der Waals surface area contributed by atoms with Crippen molar-refractivity contribution in [2.75, 3.05) is 5.75 Å². The van der Waals surface area contributed by atoms with Crippen LogP contribution in [0.3, 0.4) is 0 Å². The average molecular weight is 243 g/mol. The molecule has 16 heavy (non-hydrogen) atoms. The van der Waals surface area contributed by atoms with Gasteiger partial charge in [-0.15, -0.1) is 0 Å². The lowest BCUT2D eigenvalue weighted by Crippen LogP contribution is -2.18. The maximum absolute atomic E-state index is 10.4. The molecule has 0 aromatic heterocycles.